The van der Waals surface area contributed by atoms with Crippen molar-refractivity contribution in [2.24, 2.45) is 7.05 Å². The molecule has 0 aliphatic rings. The molecule has 1 aromatic heterocycles. The average Bonchev–Trinajstić information content (AvgIpc) is 3.03. The van der Waals surface area contributed by atoms with Crippen LogP contribution >= 0.6 is 0 Å². The first kappa shape index (κ1) is 19.9. The average molecular weight is 383 g/mol. The standard InChI is InChI=1S/C22H30N4O2/c1-7-12-26(8-2)18-11-9-10-17-21(18)25(4)22(23-17)24-20-15(3)13-16(27-5)14-19(20)28-6/h9-11,13-14H,7-8,12H2,1-6H3,(H,23,24). The summed E-state index contributed by atoms with van der Waals surface area (Å²) >= 11 is 0. The molecule has 0 unspecified atom stereocenters. The molecule has 2 aromatic carbocycles. The number of aryl methyl sites for hydroxylation is 2. The first-order chi connectivity index (χ1) is 13.5. The van der Waals surface area contributed by atoms with Gasteiger partial charge in [0.1, 0.15) is 11.5 Å². The highest BCUT2D eigenvalue weighted by Crippen LogP contribution is 2.36. The van der Waals surface area contributed by atoms with E-state index in [0.717, 1.165) is 59.2 Å². The summed E-state index contributed by atoms with van der Waals surface area (Å²) in [6.07, 6.45) is 1.11. The van der Waals surface area contributed by atoms with E-state index in [2.05, 4.69) is 46.8 Å². The lowest BCUT2D eigenvalue weighted by Crippen LogP contribution is -2.24. The van der Waals surface area contributed by atoms with E-state index in [0.29, 0.717) is 0 Å². The Morgan fingerprint density at radius 2 is 1.93 bits per heavy atom. The smallest absolute Gasteiger partial charge is 0.208 e. The van der Waals surface area contributed by atoms with Crippen molar-refractivity contribution in [2.45, 2.75) is 27.2 Å². The van der Waals surface area contributed by atoms with Crippen LogP contribution in [-0.2, 0) is 7.05 Å². The maximum Gasteiger partial charge on any atom is 0.208 e. The van der Waals surface area contributed by atoms with Gasteiger partial charge in [-0.05, 0) is 44.0 Å². The molecule has 0 aliphatic heterocycles. The lowest BCUT2D eigenvalue weighted by molar-refractivity contribution is 0.395. The Morgan fingerprint density at radius 3 is 2.57 bits per heavy atom. The number of benzene rings is 2. The molecule has 1 N–H and O–H groups in total. The van der Waals surface area contributed by atoms with Crippen molar-refractivity contribution in [3.8, 4) is 11.5 Å². The van der Waals surface area contributed by atoms with Crippen LogP contribution in [0.4, 0.5) is 17.3 Å². The fourth-order valence-corrected chi connectivity index (χ4v) is 3.61. The van der Waals surface area contributed by atoms with E-state index in [1.807, 2.05) is 26.1 Å². The minimum Gasteiger partial charge on any atom is -0.497 e. The van der Waals surface area contributed by atoms with Crippen LogP contribution in [-0.4, -0.2) is 36.9 Å². The third-order valence-electron chi connectivity index (χ3n) is 5.05. The van der Waals surface area contributed by atoms with Crippen molar-refractivity contribution >= 4 is 28.4 Å². The van der Waals surface area contributed by atoms with Crippen LogP contribution in [0.15, 0.2) is 30.3 Å². The first-order valence-electron chi connectivity index (χ1n) is 9.74. The fourth-order valence-electron chi connectivity index (χ4n) is 3.61. The Kier molecular flexibility index (Phi) is 5.97. The number of nitrogens with zero attached hydrogens (tertiary/aromatic N) is 3. The largest absolute Gasteiger partial charge is 0.497 e. The van der Waals surface area contributed by atoms with Crippen molar-refractivity contribution in [1.82, 2.24) is 9.55 Å². The van der Waals surface area contributed by atoms with Gasteiger partial charge in [-0.15, -0.1) is 0 Å². The third kappa shape index (κ3) is 3.59. The van der Waals surface area contributed by atoms with Crippen molar-refractivity contribution in [3.63, 3.8) is 0 Å². The number of rotatable bonds is 8. The monoisotopic (exact) mass is 382 g/mol. The summed E-state index contributed by atoms with van der Waals surface area (Å²) in [6, 6.07) is 10.2. The molecule has 0 saturated heterocycles. The molecule has 3 aromatic rings. The maximum absolute atomic E-state index is 5.58. The number of para-hydroxylation sites is 1. The van der Waals surface area contributed by atoms with E-state index < -0.39 is 0 Å². The number of nitrogens with one attached hydrogen (secondary N) is 1. The SMILES string of the molecule is CCCN(CC)c1cccc2nc(Nc3c(C)cc(OC)cc3OC)n(C)c12. The number of fused-ring (bicyclic) bond motifs is 1. The summed E-state index contributed by atoms with van der Waals surface area (Å²) in [7, 11) is 5.37. The molecule has 28 heavy (non-hydrogen) atoms. The minimum absolute atomic E-state index is 0.727. The summed E-state index contributed by atoms with van der Waals surface area (Å²) in [5.74, 6) is 2.28. The summed E-state index contributed by atoms with van der Waals surface area (Å²) in [5, 5.41) is 3.47. The molecule has 0 saturated carbocycles. The lowest BCUT2D eigenvalue weighted by Gasteiger charge is -2.23. The summed E-state index contributed by atoms with van der Waals surface area (Å²) in [4.78, 5) is 7.24. The zero-order valence-electron chi connectivity index (χ0n) is 17.7. The van der Waals surface area contributed by atoms with Gasteiger partial charge in [-0.1, -0.05) is 13.0 Å². The van der Waals surface area contributed by atoms with Crippen molar-refractivity contribution < 1.29 is 9.47 Å². The maximum atomic E-state index is 5.58. The highest BCUT2D eigenvalue weighted by molar-refractivity contribution is 5.92. The topological polar surface area (TPSA) is 51.6 Å². The molecular formula is C22H30N4O2. The highest BCUT2D eigenvalue weighted by atomic mass is 16.5. The summed E-state index contributed by atoms with van der Waals surface area (Å²) < 4.78 is 13.1. The molecule has 1 heterocycles. The normalized spacial score (nSPS) is 10.9. The van der Waals surface area contributed by atoms with Gasteiger partial charge < -0.3 is 24.3 Å². The molecule has 0 aliphatic carbocycles. The Bertz CT molecular complexity index is 965. The molecule has 0 bridgehead atoms. The first-order valence-corrected chi connectivity index (χ1v) is 9.74. The predicted octanol–water partition coefficient (Wildman–Crippen LogP) is 4.88. The van der Waals surface area contributed by atoms with Crippen LogP contribution in [0.5, 0.6) is 11.5 Å². The van der Waals surface area contributed by atoms with Gasteiger partial charge >= 0.3 is 0 Å². The zero-order valence-corrected chi connectivity index (χ0v) is 17.7. The molecule has 0 radical (unpaired) electrons. The van der Waals surface area contributed by atoms with E-state index in [-0.39, 0.29) is 0 Å². The van der Waals surface area contributed by atoms with Gasteiger partial charge in [0.25, 0.3) is 0 Å². The van der Waals surface area contributed by atoms with Gasteiger partial charge in [0.05, 0.1) is 36.6 Å². The molecule has 3 rings (SSSR count). The van der Waals surface area contributed by atoms with E-state index >= 15 is 0 Å². The van der Waals surface area contributed by atoms with Crippen LogP contribution in [0.25, 0.3) is 11.0 Å². The molecule has 0 atom stereocenters. The molecule has 0 spiro atoms. The molecule has 0 fully saturated rings. The number of ether oxygens (including phenoxy) is 2. The number of anilines is 3. The lowest BCUT2D eigenvalue weighted by atomic mass is 10.1. The number of imidazole rings is 1. The van der Waals surface area contributed by atoms with Crippen molar-refractivity contribution in [1.29, 1.82) is 0 Å². The fraction of sp³-hybridized carbons (Fsp3) is 0.409. The van der Waals surface area contributed by atoms with Gasteiger partial charge in [-0.3, -0.25) is 0 Å². The van der Waals surface area contributed by atoms with Crippen molar-refractivity contribution in [3.05, 3.63) is 35.9 Å². The van der Waals surface area contributed by atoms with Crippen molar-refractivity contribution in [2.75, 3.05) is 37.5 Å². The van der Waals surface area contributed by atoms with E-state index in [9.17, 15) is 0 Å². The second-order valence-electron chi connectivity index (χ2n) is 6.87. The van der Waals surface area contributed by atoms with Crippen LogP contribution in [0.2, 0.25) is 0 Å². The number of hydrogen-bond acceptors (Lipinski definition) is 5. The van der Waals surface area contributed by atoms with Crippen LogP contribution in [0.1, 0.15) is 25.8 Å². The van der Waals surface area contributed by atoms with E-state index in [1.165, 1.54) is 5.69 Å². The Morgan fingerprint density at radius 1 is 1.14 bits per heavy atom. The number of methoxy groups -OCH3 is 2. The van der Waals surface area contributed by atoms with Gasteiger partial charge in [0.15, 0.2) is 0 Å². The van der Waals surface area contributed by atoms with E-state index in [1.54, 1.807) is 14.2 Å². The predicted molar refractivity (Wildman–Crippen MR) is 116 cm³/mol. The molecule has 0 amide bonds. The van der Waals surface area contributed by atoms with Gasteiger partial charge in [-0.25, -0.2) is 4.98 Å². The second kappa shape index (κ2) is 8.42. The number of aromatic nitrogens is 2. The van der Waals surface area contributed by atoms with E-state index in [4.69, 9.17) is 14.5 Å². The third-order valence-corrected chi connectivity index (χ3v) is 5.05. The van der Waals surface area contributed by atoms with Gasteiger partial charge in [0, 0.05) is 26.2 Å². The Labute approximate surface area is 167 Å². The summed E-state index contributed by atoms with van der Waals surface area (Å²) in [6.45, 7) is 8.41. The zero-order chi connectivity index (χ0) is 20.3. The molecular weight excluding hydrogens is 352 g/mol. The quantitative estimate of drug-likeness (QED) is 0.602. The molecule has 6 heteroatoms. The van der Waals surface area contributed by atoms with Gasteiger partial charge in [0.2, 0.25) is 5.95 Å². The Hall–Kier alpha value is -2.89. The molecule has 6 nitrogen and oxygen atoms in total. The van der Waals surface area contributed by atoms with Gasteiger partial charge in [-0.2, -0.15) is 0 Å². The number of hydrogen-bond donors (Lipinski definition) is 1. The Balaban J connectivity index is 2.08. The van der Waals surface area contributed by atoms with Crippen LogP contribution in [0.3, 0.4) is 0 Å². The molecule has 150 valence electrons. The summed E-state index contributed by atoms with van der Waals surface area (Å²) in [5.41, 5.74) is 5.24. The van der Waals surface area contributed by atoms with Crippen LogP contribution < -0.4 is 19.7 Å². The minimum atomic E-state index is 0.727. The second-order valence-corrected chi connectivity index (χ2v) is 6.87. The highest BCUT2D eigenvalue weighted by Gasteiger charge is 2.17. The van der Waals surface area contributed by atoms with Crippen LogP contribution in [0, 0.1) is 6.92 Å².